The van der Waals surface area contributed by atoms with Gasteiger partial charge in [0.25, 0.3) is 0 Å². The van der Waals surface area contributed by atoms with Crippen molar-refractivity contribution in [2.75, 3.05) is 0 Å². The lowest BCUT2D eigenvalue weighted by molar-refractivity contribution is 0.0508. The molecule has 0 spiro atoms. The maximum Gasteiger partial charge on any atom is 0.0869 e. The van der Waals surface area contributed by atoms with Crippen molar-refractivity contribution < 1.29 is 10.2 Å². The third-order valence-corrected chi connectivity index (χ3v) is 2.46. The van der Waals surface area contributed by atoms with Crippen molar-refractivity contribution in [3.8, 4) is 0 Å². The van der Waals surface area contributed by atoms with Gasteiger partial charge in [-0.3, -0.25) is 0 Å². The van der Waals surface area contributed by atoms with Crippen molar-refractivity contribution in [3.05, 3.63) is 35.4 Å². The summed E-state index contributed by atoms with van der Waals surface area (Å²) in [6.07, 6.45) is 0.643. The summed E-state index contributed by atoms with van der Waals surface area (Å²) < 4.78 is 0. The fraction of sp³-hybridized carbons (Fsp3) is 0.455. The number of hydrogen-bond donors (Lipinski definition) is 2. The van der Waals surface area contributed by atoms with E-state index in [0.717, 1.165) is 11.1 Å². The molecule has 1 unspecified atom stereocenters. The van der Waals surface area contributed by atoms with Crippen LogP contribution in [0.4, 0.5) is 0 Å². The third-order valence-electron chi connectivity index (χ3n) is 2.46. The van der Waals surface area contributed by atoms with Crippen LogP contribution in [0, 0.1) is 0 Å². The van der Waals surface area contributed by atoms with Crippen LogP contribution in [-0.4, -0.2) is 10.2 Å². The Balaban J connectivity index is 3.12. The molecule has 0 aromatic heterocycles. The highest BCUT2D eigenvalue weighted by Crippen LogP contribution is 2.26. The molecule has 2 nitrogen and oxygen atoms in total. The Kier molecular flexibility index (Phi) is 3.07. The molecule has 1 aromatic carbocycles. The van der Waals surface area contributed by atoms with E-state index in [9.17, 15) is 5.11 Å². The molecule has 0 heterocycles. The summed E-state index contributed by atoms with van der Waals surface area (Å²) in [6.45, 7) is 3.67. The number of hydrogen-bond acceptors (Lipinski definition) is 2. The van der Waals surface area contributed by atoms with E-state index < -0.39 is 5.60 Å². The molecule has 0 aliphatic rings. The molecule has 0 radical (unpaired) electrons. The molecule has 1 aromatic rings. The standard InChI is InChI=1S/C11H16O2/c1-3-11(2,13)10-7-5-4-6-9(10)8-12/h4-7,12-13H,3,8H2,1-2H3. The van der Waals surface area contributed by atoms with Crippen LogP contribution in [0.15, 0.2) is 24.3 Å². The number of aliphatic hydroxyl groups is 2. The van der Waals surface area contributed by atoms with Gasteiger partial charge in [-0.25, -0.2) is 0 Å². The zero-order valence-corrected chi connectivity index (χ0v) is 8.12. The molecule has 0 aliphatic carbocycles. The second-order valence-corrected chi connectivity index (χ2v) is 3.44. The zero-order chi connectivity index (χ0) is 9.90. The first-order valence-electron chi connectivity index (χ1n) is 4.53. The van der Waals surface area contributed by atoms with E-state index in [0.29, 0.717) is 6.42 Å². The molecule has 0 bridgehead atoms. The SMILES string of the molecule is CCC(C)(O)c1ccccc1CO. The van der Waals surface area contributed by atoms with Crippen LogP contribution in [0.25, 0.3) is 0 Å². The van der Waals surface area contributed by atoms with E-state index in [-0.39, 0.29) is 6.61 Å². The minimum absolute atomic E-state index is 0.0215. The lowest BCUT2D eigenvalue weighted by Gasteiger charge is -2.24. The van der Waals surface area contributed by atoms with Crippen LogP contribution < -0.4 is 0 Å². The van der Waals surface area contributed by atoms with Gasteiger partial charge in [0, 0.05) is 0 Å². The molecular formula is C11H16O2. The summed E-state index contributed by atoms with van der Waals surface area (Å²) in [5.41, 5.74) is 0.786. The van der Waals surface area contributed by atoms with E-state index in [1.807, 2.05) is 31.2 Å². The normalized spacial score (nSPS) is 15.4. The Labute approximate surface area is 78.8 Å². The van der Waals surface area contributed by atoms with Gasteiger partial charge in [0.2, 0.25) is 0 Å². The lowest BCUT2D eigenvalue weighted by atomic mass is 9.89. The molecule has 0 fully saturated rings. The van der Waals surface area contributed by atoms with Gasteiger partial charge >= 0.3 is 0 Å². The third kappa shape index (κ3) is 2.08. The fourth-order valence-electron chi connectivity index (χ4n) is 1.37. The molecule has 72 valence electrons. The van der Waals surface area contributed by atoms with Crippen LogP contribution in [0.3, 0.4) is 0 Å². The van der Waals surface area contributed by atoms with Crippen molar-refractivity contribution >= 4 is 0 Å². The van der Waals surface area contributed by atoms with Crippen LogP contribution in [0.2, 0.25) is 0 Å². The van der Waals surface area contributed by atoms with Crippen molar-refractivity contribution in [2.45, 2.75) is 32.5 Å². The van der Waals surface area contributed by atoms with E-state index in [1.165, 1.54) is 0 Å². The highest BCUT2D eigenvalue weighted by molar-refractivity contribution is 5.31. The van der Waals surface area contributed by atoms with Gasteiger partial charge in [0.15, 0.2) is 0 Å². The monoisotopic (exact) mass is 180 g/mol. The molecule has 13 heavy (non-hydrogen) atoms. The van der Waals surface area contributed by atoms with Gasteiger partial charge in [-0.05, 0) is 24.5 Å². The largest absolute Gasteiger partial charge is 0.392 e. The first-order chi connectivity index (χ1) is 6.11. The number of rotatable bonds is 3. The summed E-state index contributed by atoms with van der Waals surface area (Å²) in [5, 5.41) is 19.1. The topological polar surface area (TPSA) is 40.5 Å². The Bertz CT molecular complexity index is 279. The van der Waals surface area contributed by atoms with Crippen LogP contribution in [0.1, 0.15) is 31.4 Å². The summed E-state index contributed by atoms with van der Waals surface area (Å²) >= 11 is 0. The van der Waals surface area contributed by atoms with Crippen molar-refractivity contribution in [1.82, 2.24) is 0 Å². The Morgan fingerprint density at radius 3 is 2.46 bits per heavy atom. The van der Waals surface area contributed by atoms with Crippen molar-refractivity contribution in [1.29, 1.82) is 0 Å². The smallest absolute Gasteiger partial charge is 0.0869 e. The summed E-state index contributed by atoms with van der Waals surface area (Å²) in [7, 11) is 0. The highest BCUT2D eigenvalue weighted by Gasteiger charge is 2.22. The fourth-order valence-corrected chi connectivity index (χ4v) is 1.37. The van der Waals surface area contributed by atoms with E-state index in [4.69, 9.17) is 5.11 Å². The van der Waals surface area contributed by atoms with Gasteiger partial charge in [-0.1, -0.05) is 31.2 Å². The second kappa shape index (κ2) is 3.90. The Morgan fingerprint density at radius 2 is 1.92 bits per heavy atom. The maximum atomic E-state index is 10.00. The Hall–Kier alpha value is -0.860. The second-order valence-electron chi connectivity index (χ2n) is 3.44. The van der Waals surface area contributed by atoms with Crippen molar-refractivity contribution in [3.63, 3.8) is 0 Å². The molecule has 0 saturated heterocycles. The molecule has 0 aliphatic heterocycles. The summed E-state index contributed by atoms with van der Waals surface area (Å²) in [5.74, 6) is 0. The van der Waals surface area contributed by atoms with Gasteiger partial charge < -0.3 is 10.2 Å². The highest BCUT2D eigenvalue weighted by atomic mass is 16.3. The Morgan fingerprint density at radius 1 is 1.31 bits per heavy atom. The van der Waals surface area contributed by atoms with Crippen molar-refractivity contribution in [2.24, 2.45) is 0 Å². The predicted octanol–water partition coefficient (Wildman–Crippen LogP) is 1.80. The van der Waals surface area contributed by atoms with Crippen LogP contribution in [-0.2, 0) is 12.2 Å². The predicted molar refractivity (Wildman–Crippen MR) is 52.2 cm³/mol. The first kappa shape index (κ1) is 10.2. The minimum atomic E-state index is -0.834. The van der Waals surface area contributed by atoms with Gasteiger partial charge in [-0.15, -0.1) is 0 Å². The molecule has 1 atom stereocenters. The average molecular weight is 180 g/mol. The van der Waals surface area contributed by atoms with Crippen LogP contribution >= 0.6 is 0 Å². The van der Waals surface area contributed by atoms with Gasteiger partial charge in [0.05, 0.1) is 12.2 Å². The number of aliphatic hydroxyl groups excluding tert-OH is 1. The maximum absolute atomic E-state index is 10.00. The molecule has 2 heteroatoms. The molecule has 2 N–H and O–H groups in total. The summed E-state index contributed by atoms with van der Waals surface area (Å²) in [6, 6.07) is 7.42. The lowest BCUT2D eigenvalue weighted by Crippen LogP contribution is -2.21. The molecule has 0 amide bonds. The number of benzene rings is 1. The average Bonchev–Trinajstić information content (AvgIpc) is 2.18. The zero-order valence-electron chi connectivity index (χ0n) is 8.12. The van der Waals surface area contributed by atoms with E-state index in [1.54, 1.807) is 6.92 Å². The molecular weight excluding hydrogens is 164 g/mol. The van der Waals surface area contributed by atoms with Gasteiger partial charge in [0.1, 0.15) is 0 Å². The quantitative estimate of drug-likeness (QED) is 0.744. The van der Waals surface area contributed by atoms with Crippen LogP contribution in [0.5, 0.6) is 0 Å². The first-order valence-corrected chi connectivity index (χ1v) is 4.53. The molecule has 0 saturated carbocycles. The summed E-state index contributed by atoms with van der Waals surface area (Å²) in [4.78, 5) is 0. The van der Waals surface area contributed by atoms with Gasteiger partial charge in [-0.2, -0.15) is 0 Å². The van der Waals surface area contributed by atoms with E-state index in [2.05, 4.69) is 0 Å². The minimum Gasteiger partial charge on any atom is -0.392 e. The molecule has 1 rings (SSSR count). The van der Waals surface area contributed by atoms with E-state index >= 15 is 0 Å².